The van der Waals surface area contributed by atoms with Gasteiger partial charge in [0.25, 0.3) is 0 Å². The molecule has 0 aliphatic rings. The number of nitrogens with zero attached hydrogens (tertiary/aromatic N) is 1. The molecule has 2 aromatic carbocycles. The molecule has 2 aromatic rings. The monoisotopic (exact) mass is 326 g/mol. The van der Waals surface area contributed by atoms with Crippen molar-refractivity contribution in [3.8, 4) is 0 Å². The van der Waals surface area contributed by atoms with Crippen molar-refractivity contribution in [2.45, 2.75) is 19.6 Å². The van der Waals surface area contributed by atoms with E-state index in [-0.39, 0.29) is 17.6 Å². The Balaban J connectivity index is 2.15. The minimum Gasteiger partial charge on any atom is -0.396 e. The highest BCUT2D eigenvalue weighted by Crippen LogP contribution is 2.29. The molecule has 0 saturated carbocycles. The summed E-state index contributed by atoms with van der Waals surface area (Å²) in [5.41, 5.74) is 7.68. The zero-order valence-corrected chi connectivity index (χ0v) is 13.4. The van der Waals surface area contributed by atoms with Crippen molar-refractivity contribution in [3.63, 3.8) is 0 Å². The minimum atomic E-state index is -0.359. The number of allylic oxidation sites excluding steroid dienone is 2. The van der Waals surface area contributed by atoms with Crippen LogP contribution in [0.3, 0.4) is 0 Å². The Hall–Kier alpha value is -2.79. The van der Waals surface area contributed by atoms with Gasteiger partial charge in [-0.05, 0) is 36.8 Å². The van der Waals surface area contributed by atoms with Gasteiger partial charge in [0.05, 0.1) is 24.1 Å². The highest BCUT2D eigenvalue weighted by Gasteiger charge is 2.12. The van der Waals surface area contributed by atoms with Gasteiger partial charge in [-0.25, -0.2) is 4.39 Å². The molecule has 0 unspecified atom stereocenters. The fourth-order valence-electron chi connectivity index (χ4n) is 2.10. The van der Waals surface area contributed by atoms with Gasteiger partial charge in [-0.1, -0.05) is 30.3 Å². The number of aldehydes is 1. The molecule has 24 heavy (non-hydrogen) atoms. The van der Waals surface area contributed by atoms with Crippen molar-refractivity contribution in [1.82, 2.24) is 0 Å². The molecular formula is C19H19FN2O2. The molecule has 0 amide bonds. The number of benzene rings is 2. The SMILES string of the molecule is C[C@@H](OCc1ccccc1)c1cc(F)ccc1N=CC=C(N)C=O. The number of aliphatic imine (C=N–C) groups is 1. The van der Waals surface area contributed by atoms with Gasteiger partial charge in [0.15, 0.2) is 6.29 Å². The van der Waals surface area contributed by atoms with Gasteiger partial charge in [-0.2, -0.15) is 0 Å². The third kappa shape index (κ3) is 5.14. The molecule has 124 valence electrons. The van der Waals surface area contributed by atoms with Crippen LogP contribution in [0.25, 0.3) is 0 Å². The average Bonchev–Trinajstić information content (AvgIpc) is 2.61. The second-order valence-corrected chi connectivity index (χ2v) is 5.20. The number of carbonyl (C=O) groups is 1. The van der Waals surface area contributed by atoms with Crippen LogP contribution in [0.2, 0.25) is 0 Å². The van der Waals surface area contributed by atoms with Crippen molar-refractivity contribution >= 4 is 18.2 Å². The summed E-state index contributed by atoms with van der Waals surface area (Å²) in [5.74, 6) is -0.359. The van der Waals surface area contributed by atoms with E-state index in [2.05, 4.69) is 4.99 Å². The Morgan fingerprint density at radius 1 is 1.29 bits per heavy atom. The van der Waals surface area contributed by atoms with E-state index in [9.17, 15) is 9.18 Å². The lowest BCUT2D eigenvalue weighted by Gasteiger charge is -2.15. The number of halogens is 1. The van der Waals surface area contributed by atoms with Crippen LogP contribution in [0.1, 0.15) is 24.2 Å². The summed E-state index contributed by atoms with van der Waals surface area (Å²) in [7, 11) is 0. The average molecular weight is 326 g/mol. The summed E-state index contributed by atoms with van der Waals surface area (Å²) in [6.07, 6.45) is 2.98. The maximum Gasteiger partial charge on any atom is 0.165 e. The van der Waals surface area contributed by atoms with Crippen molar-refractivity contribution in [2.75, 3.05) is 0 Å². The first kappa shape index (κ1) is 17.6. The van der Waals surface area contributed by atoms with Crippen molar-refractivity contribution in [1.29, 1.82) is 0 Å². The summed E-state index contributed by atoms with van der Waals surface area (Å²) in [6.45, 7) is 2.26. The molecule has 2 rings (SSSR count). The van der Waals surface area contributed by atoms with Gasteiger partial charge in [0.1, 0.15) is 5.82 Å². The number of hydrogen-bond acceptors (Lipinski definition) is 4. The van der Waals surface area contributed by atoms with Gasteiger partial charge < -0.3 is 10.5 Å². The third-order valence-corrected chi connectivity index (χ3v) is 3.39. The van der Waals surface area contributed by atoms with Gasteiger partial charge >= 0.3 is 0 Å². The smallest absolute Gasteiger partial charge is 0.165 e. The maximum atomic E-state index is 13.6. The summed E-state index contributed by atoms with van der Waals surface area (Å²) >= 11 is 0. The molecule has 0 spiro atoms. The van der Waals surface area contributed by atoms with Gasteiger partial charge in [0, 0.05) is 11.8 Å². The van der Waals surface area contributed by atoms with Crippen LogP contribution < -0.4 is 5.73 Å². The van der Waals surface area contributed by atoms with Crippen LogP contribution in [0.4, 0.5) is 10.1 Å². The highest BCUT2D eigenvalue weighted by atomic mass is 19.1. The molecule has 0 aliphatic carbocycles. The normalized spacial score (nSPS) is 13.2. The Labute approximate surface area is 140 Å². The first-order valence-corrected chi connectivity index (χ1v) is 7.50. The van der Waals surface area contributed by atoms with Crippen LogP contribution in [0.15, 0.2) is 65.3 Å². The molecule has 0 heterocycles. The molecular weight excluding hydrogens is 307 g/mol. The molecule has 4 nitrogen and oxygen atoms in total. The van der Waals surface area contributed by atoms with E-state index in [1.807, 2.05) is 37.3 Å². The zero-order chi connectivity index (χ0) is 17.4. The lowest BCUT2D eigenvalue weighted by Crippen LogP contribution is -2.02. The largest absolute Gasteiger partial charge is 0.396 e. The molecule has 0 aliphatic heterocycles. The van der Waals surface area contributed by atoms with E-state index in [1.165, 1.54) is 24.4 Å². The fraction of sp³-hybridized carbons (Fsp3) is 0.158. The van der Waals surface area contributed by atoms with E-state index in [0.29, 0.717) is 24.1 Å². The van der Waals surface area contributed by atoms with Crippen molar-refractivity contribution < 1.29 is 13.9 Å². The quantitative estimate of drug-likeness (QED) is 0.477. The predicted octanol–water partition coefficient (Wildman–Crippen LogP) is 3.85. The van der Waals surface area contributed by atoms with Crippen LogP contribution in [0, 0.1) is 5.82 Å². The van der Waals surface area contributed by atoms with E-state index in [4.69, 9.17) is 10.5 Å². The summed E-state index contributed by atoms with van der Waals surface area (Å²) < 4.78 is 19.4. The Kier molecular flexibility index (Phi) is 6.40. The van der Waals surface area contributed by atoms with Crippen LogP contribution >= 0.6 is 0 Å². The predicted molar refractivity (Wildman–Crippen MR) is 92.5 cm³/mol. The van der Waals surface area contributed by atoms with Crippen molar-refractivity contribution in [3.05, 3.63) is 77.2 Å². The molecule has 0 aromatic heterocycles. The zero-order valence-electron chi connectivity index (χ0n) is 13.4. The van der Waals surface area contributed by atoms with Gasteiger partial charge in [-0.15, -0.1) is 0 Å². The fourth-order valence-corrected chi connectivity index (χ4v) is 2.10. The first-order valence-electron chi connectivity index (χ1n) is 7.50. The van der Waals surface area contributed by atoms with Gasteiger partial charge in [0.2, 0.25) is 0 Å². The van der Waals surface area contributed by atoms with E-state index in [0.717, 1.165) is 5.56 Å². The van der Waals surface area contributed by atoms with Gasteiger partial charge in [-0.3, -0.25) is 9.79 Å². The Bertz CT molecular complexity index is 742. The summed E-state index contributed by atoms with van der Waals surface area (Å²) in [6, 6.07) is 14.0. The second kappa shape index (κ2) is 8.74. The third-order valence-electron chi connectivity index (χ3n) is 3.39. The molecule has 0 saturated heterocycles. The Morgan fingerprint density at radius 2 is 2.04 bits per heavy atom. The van der Waals surface area contributed by atoms with Crippen LogP contribution in [-0.2, 0) is 16.1 Å². The minimum absolute atomic E-state index is 0.0655. The number of ether oxygens (including phenoxy) is 1. The number of nitrogens with two attached hydrogens (primary N) is 1. The number of hydrogen-bond donors (Lipinski definition) is 1. The Morgan fingerprint density at radius 3 is 2.75 bits per heavy atom. The highest BCUT2D eigenvalue weighted by molar-refractivity contribution is 5.84. The summed E-state index contributed by atoms with van der Waals surface area (Å²) in [5, 5.41) is 0. The van der Waals surface area contributed by atoms with Crippen molar-refractivity contribution in [2.24, 2.45) is 10.7 Å². The standard InChI is InChI=1S/C19H19FN2O2/c1-14(24-13-15-5-3-2-4-6-15)18-11-16(20)7-8-19(18)22-10-9-17(21)12-23/h2-12,14H,13,21H2,1H3/t14-/m1/s1. The lowest BCUT2D eigenvalue weighted by molar-refractivity contribution is -0.104. The van der Waals surface area contributed by atoms with Crippen LogP contribution in [0.5, 0.6) is 0 Å². The second-order valence-electron chi connectivity index (χ2n) is 5.20. The molecule has 0 radical (unpaired) electrons. The maximum absolute atomic E-state index is 13.6. The van der Waals surface area contributed by atoms with E-state index >= 15 is 0 Å². The van der Waals surface area contributed by atoms with E-state index < -0.39 is 0 Å². The van der Waals surface area contributed by atoms with Crippen LogP contribution in [-0.4, -0.2) is 12.5 Å². The lowest BCUT2D eigenvalue weighted by atomic mass is 10.1. The first-order chi connectivity index (χ1) is 11.6. The number of rotatable bonds is 7. The molecule has 0 fully saturated rings. The van der Waals surface area contributed by atoms with E-state index in [1.54, 1.807) is 6.07 Å². The number of carbonyl (C=O) groups excluding carboxylic acids is 1. The molecule has 0 bridgehead atoms. The molecule has 2 N–H and O–H groups in total. The molecule has 1 atom stereocenters. The topological polar surface area (TPSA) is 64.7 Å². The molecule has 5 heteroatoms. The summed E-state index contributed by atoms with van der Waals surface area (Å²) in [4.78, 5) is 14.7.